The highest BCUT2D eigenvalue weighted by Gasteiger charge is 2.25. The summed E-state index contributed by atoms with van der Waals surface area (Å²) in [7, 11) is 0. The molecule has 0 saturated heterocycles. The van der Waals surface area contributed by atoms with Crippen LogP contribution in [-0.2, 0) is 14.3 Å². The quantitative estimate of drug-likeness (QED) is 0.618. The van der Waals surface area contributed by atoms with Gasteiger partial charge in [0.2, 0.25) is 0 Å². The molecule has 0 aliphatic carbocycles. The molecule has 0 spiro atoms. The molecule has 0 fully saturated rings. The fourth-order valence-corrected chi connectivity index (χ4v) is 0.984. The van der Waals surface area contributed by atoms with Crippen molar-refractivity contribution in [3.05, 3.63) is 0 Å². The second-order valence-electron chi connectivity index (χ2n) is 3.97. The number of ether oxygens (including phenoxy) is 1. The van der Waals surface area contributed by atoms with Gasteiger partial charge in [-0.15, -0.1) is 0 Å². The monoisotopic (exact) mass is 200 g/mol. The predicted octanol–water partition coefficient (Wildman–Crippen LogP) is 2.33. The van der Waals surface area contributed by atoms with E-state index in [1.165, 1.54) is 0 Å². The van der Waals surface area contributed by atoms with E-state index in [9.17, 15) is 9.59 Å². The molecule has 0 heterocycles. The summed E-state index contributed by atoms with van der Waals surface area (Å²) in [5.41, 5.74) is -0.313. The molecule has 0 radical (unpaired) electrons. The SMILES string of the molecule is CCOC(=O)CCC(=O)C(C)(C)CC. The van der Waals surface area contributed by atoms with Crippen LogP contribution in [0.2, 0.25) is 0 Å². The molecule has 14 heavy (non-hydrogen) atoms. The Labute approximate surface area is 85.8 Å². The fourth-order valence-electron chi connectivity index (χ4n) is 0.984. The first-order valence-corrected chi connectivity index (χ1v) is 5.13. The number of Topliss-reactive ketones (excluding diaryl/α,β-unsaturated/α-hetero) is 1. The number of esters is 1. The summed E-state index contributed by atoms with van der Waals surface area (Å²) < 4.78 is 4.75. The lowest BCUT2D eigenvalue weighted by molar-refractivity contribution is -0.145. The number of carbonyl (C=O) groups excluding carboxylic acids is 2. The van der Waals surface area contributed by atoms with Crippen molar-refractivity contribution in [2.24, 2.45) is 5.41 Å². The number of rotatable bonds is 6. The van der Waals surface area contributed by atoms with E-state index in [1.807, 2.05) is 20.8 Å². The first-order chi connectivity index (χ1) is 6.44. The van der Waals surface area contributed by atoms with E-state index in [4.69, 9.17) is 4.74 Å². The molecule has 0 aromatic carbocycles. The van der Waals surface area contributed by atoms with Gasteiger partial charge in [0.25, 0.3) is 0 Å². The Hall–Kier alpha value is -0.860. The highest BCUT2D eigenvalue weighted by atomic mass is 16.5. The molecule has 0 amide bonds. The molecule has 0 aliphatic rings. The molecular weight excluding hydrogens is 180 g/mol. The minimum Gasteiger partial charge on any atom is -0.466 e. The minimum atomic E-state index is -0.313. The molecule has 0 bridgehead atoms. The van der Waals surface area contributed by atoms with Crippen LogP contribution in [-0.4, -0.2) is 18.4 Å². The summed E-state index contributed by atoms with van der Waals surface area (Å²) in [6.45, 7) is 7.92. The van der Waals surface area contributed by atoms with Crippen LogP contribution in [0, 0.1) is 5.41 Å². The third-order valence-electron chi connectivity index (χ3n) is 2.50. The van der Waals surface area contributed by atoms with Gasteiger partial charge in [0.1, 0.15) is 5.78 Å². The van der Waals surface area contributed by atoms with Crippen molar-refractivity contribution >= 4 is 11.8 Å². The molecule has 0 N–H and O–H groups in total. The van der Waals surface area contributed by atoms with Crippen molar-refractivity contribution in [3.63, 3.8) is 0 Å². The number of carbonyl (C=O) groups is 2. The van der Waals surface area contributed by atoms with Crippen LogP contribution in [0.15, 0.2) is 0 Å². The largest absolute Gasteiger partial charge is 0.466 e. The Balaban J connectivity index is 3.91. The molecule has 3 heteroatoms. The van der Waals surface area contributed by atoms with Gasteiger partial charge in [-0.1, -0.05) is 20.8 Å². The van der Waals surface area contributed by atoms with Crippen molar-refractivity contribution in [2.45, 2.75) is 47.0 Å². The second kappa shape index (κ2) is 5.78. The summed E-state index contributed by atoms with van der Waals surface area (Å²) >= 11 is 0. The van der Waals surface area contributed by atoms with E-state index in [-0.39, 0.29) is 23.6 Å². The van der Waals surface area contributed by atoms with Crippen LogP contribution < -0.4 is 0 Å². The minimum absolute atomic E-state index is 0.132. The fraction of sp³-hybridized carbons (Fsp3) is 0.818. The maximum atomic E-state index is 11.6. The van der Waals surface area contributed by atoms with Crippen molar-refractivity contribution in [1.29, 1.82) is 0 Å². The highest BCUT2D eigenvalue weighted by Crippen LogP contribution is 2.23. The van der Waals surface area contributed by atoms with Crippen molar-refractivity contribution in [3.8, 4) is 0 Å². The second-order valence-corrected chi connectivity index (χ2v) is 3.97. The van der Waals surface area contributed by atoms with Crippen molar-refractivity contribution in [1.82, 2.24) is 0 Å². The standard InChI is InChI=1S/C11H20O3/c1-5-11(3,4)9(12)7-8-10(13)14-6-2/h5-8H2,1-4H3. The Morgan fingerprint density at radius 1 is 1.14 bits per heavy atom. The van der Waals surface area contributed by atoms with E-state index in [2.05, 4.69) is 0 Å². The van der Waals surface area contributed by atoms with Gasteiger partial charge in [0.15, 0.2) is 0 Å². The molecule has 0 atom stereocenters. The first-order valence-electron chi connectivity index (χ1n) is 5.13. The third kappa shape index (κ3) is 4.40. The van der Waals surface area contributed by atoms with Crippen LogP contribution in [0.3, 0.4) is 0 Å². The topological polar surface area (TPSA) is 43.4 Å². The number of hydrogen-bond donors (Lipinski definition) is 0. The number of ketones is 1. The molecule has 0 aliphatic heterocycles. The van der Waals surface area contributed by atoms with E-state index in [0.717, 1.165) is 6.42 Å². The number of hydrogen-bond acceptors (Lipinski definition) is 3. The zero-order chi connectivity index (χ0) is 11.2. The lowest BCUT2D eigenvalue weighted by Crippen LogP contribution is -2.24. The maximum Gasteiger partial charge on any atom is 0.306 e. The average Bonchev–Trinajstić information content (AvgIpc) is 2.14. The van der Waals surface area contributed by atoms with Crippen LogP contribution in [0.1, 0.15) is 47.0 Å². The van der Waals surface area contributed by atoms with Gasteiger partial charge in [-0.05, 0) is 13.3 Å². The molecule has 3 nitrogen and oxygen atoms in total. The molecular formula is C11H20O3. The molecule has 0 rings (SSSR count). The lowest BCUT2D eigenvalue weighted by Gasteiger charge is -2.20. The Kier molecular flexibility index (Phi) is 5.43. The Morgan fingerprint density at radius 3 is 2.14 bits per heavy atom. The summed E-state index contributed by atoms with van der Waals surface area (Å²) in [5, 5.41) is 0. The zero-order valence-electron chi connectivity index (χ0n) is 9.55. The molecule has 0 saturated carbocycles. The van der Waals surface area contributed by atoms with Crippen molar-refractivity contribution < 1.29 is 14.3 Å². The van der Waals surface area contributed by atoms with Crippen molar-refractivity contribution in [2.75, 3.05) is 6.61 Å². The third-order valence-corrected chi connectivity index (χ3v) is 2.50. The van der Waals surface area contributed by atoms with E-state index in [0.29, 0.717) is 13.0 Å². The summed E-state index contributed by atoms with van der Waals surface area (Å²) in [4.78, 5) is 22.6. The van der Waals surface area contributed by atoms with Gasteiger partial charge < -0.3 is 4.74 Å². The summed E-state index contributed by atoms with van der Waals surface area (Å²) in [6.07, 6.45) is 1.30. The van der Waals surface area contributed by atoms with Gasteiger partial charge in [-0.2, -0.15) is 0 Å². The Morgan fingerprint density at radius 2 is 1.71 bits per heavy atom. The van der Waals surface area contributed by atoms with Gasteiger partial charge in [-0.25, -0.2) is 0 Å². The molecule has 0 aromatic heterocycles. The van der Waals surface area contributed by atoms with E-state index in [1.54, 1.807) is 6.92 Å². The summed E-state index contributed by atoms with van der Waals surface area (Å²) in [6, 6.07) is 0. The maximum absolute atomic E-state index is 11.6. The van der Waals surface area contributed by atoms with Gasteiger partial charge >= 0.3 is 5.97 Å². The lowest BCUT2D eigenvalue weighted by atomic mass is 9.83. The average molecular weight is 200 g/mol. The molecule has 0 aromatic rings. The van der Waals surface area contributed by atoms with E-state index >= 15 is 0 Å². The summed E-state index contributed by atoms with van der Waals surface area (Å²) in [5.74, 6) is -0.152. The predicted molar refractivity (Wildman–Crippen MR) is 54.9 cm³/mol. The van der Waals surface area contributed by atoms with Crippen LogP contribution in [0.25, 0.3) is 0 Å². The Bertz CT molecular complexity index is 207. The van der Waals surface area contributed by atoms with Gasteiger partial charge in [-0.3, -0.25) is 9.59 Å². The zero-order valence-corrected chi connectivity index (χ0v) is 9.55. The highest BCUT2D eigenvalue weighted by molar-refractivity contribution is 5.87. The van der Waals surface area contributed by atoms with Gasteiger partial charge in [0.05, 0.1) is 13.0 Å². The molecule has 0 unspecified atom stereocenters. The molecule has 82 valence electrons. The van der Waals surface area contributed by atoms with Crippen LogP contribution in [0.5, 0.6) is 0 Å². The first kappa shape index (κ1) is 13.1. The van der Waals surface area contributed by atoms with Crippen LogP contribution >= 0.6 is 0 Å². The van der Waals surface area contributed by atoms with Gasteiger partial charge in [0, 0.05) is 11.8 Å². The smallest absolute Gasteiger partial charge is 0.306 e. The van der Waals surface area contributed by atoms with Crippen LogP contribution in [0.4, 0.5) is 0 Å². The normalized spacial score (nSPS) is 11.1. The van der Waals surface area contributed by atoms with E-state index < -0.39 is 0 Å².